The van der Waals surface area contributed by atoms with E-state index < -0.39 is 6.10 Å². The normalized spacial score (nSPS) is 13.2. The highest BCUT2D eigenvalue weighted by Crippen LogP contribution is 2.32. The Morgan fingerprint density at radius 1 is 1.25 bits per heavy atom. The zero-order valence-electron chi connectivity index (χ0n) is 13.7. The van der Waals surface area contributed by atoms with E-state index in [2.05, 4.69) is 0 Å². The number of Topliss-reactive ketones (excluding diaryl/α,β-unsaturated/α-hetero) is 1. The van der Waals surface area contributed by atoms with Crippen molar-refractivity contribution in [1.82, 2.24) is 0 Å². The van der Waals surface area contributed by atoms with Crippen LogP contribution in [0.15, 0.2) is 12.1 Å². The summed E-state index contributed by atoms with van der Waals surface area (Å²) in [6.45, 7) is 12.4. The van der Waals surface area contributed by atoms with E-state index in [0.29, 0.717) is 17.9 Å². The minimum Gasteiger partial charge on any atom is -0.496 e. The fraction of sp³-hybridized carbons (Fsp3) is 0.588. The summed E-state index contributed by atoms with van der Waals surface area (Å²) in [4.78, 5) is 12.8. The van der Waals surface area contributed by atoms with E-state index in [0.717, 1.165) is 11.1 Å². The van der Waals surface area contributed by atoms with Gasteiger partial charge in [0, 0.05) is 6.61 Å². The maximum absolute atomic E-state index is 12.8. The van der Waals surface area contributed by atoms with Gasteiger partial charge in [0.25, 0.3) is 0 Å². The molecule has 0 aromatic heterocycles. The summed E-state index contributed by atoms with van der Waals surface area (Å²) in [5, 5.41) is 0. The van der Waals surface area contributed by atoms with Gasteiger partial charge < -0.3 is 9.47 Å². The van der Waals surface area contributed by atoms with E-state index >= 15 is 0 Å². The molecule has 0 bridgehead atoms. The molecule has 0 N–H and O–H groups in total. The number of ketones is 1. The number of benzene rings is 1. The molecule has 1 aromatic rings. The number of hydrogen-bond acceptors (Lipinski definition) is 3. The Balaban J connectivity index is 3.29. The van der Waals surface area contributed by atoms with Gasteiger partial charge in [-0.2, -0.15) is 0 Å². The maximum atomic E-state index is 12.8. The molecule has 1 rings (SSSR count). The van der Waals surface area contributed by atoms with Crippen molar-refractivity contribution in [3.63, 3.8) is 0 Å². The minimum absolute atomic E-state index is 0.0145. The molecule has 0 heterocycles. The third kappa shape index (κ3) is 3.40. The third-order valence-corrected chi connectivity index (χ3v) is 3.50. The summed E-state index contributed by atoms with van der Waals surface area (Å²) in [5.41, 5.74) is 2.46. The van der Waals surface area contributed by atoms with Gasteiger partial charge in [-0.15, -0.1) is 0 Å². The van der Waals surface area contributed by atoms with Crippen LogP contribution in [0.4, 0.5) is 0 Å². The van der Waals surface area contributed by atoms with Crippen molar-refractivity contribution < 1.29 is 14.3 Å². The van der Waals surface area contributed by atoms with Gasteiger partial charge in [-0.05, 0) is 43.4 Å². The van der Waals surface area contributed by atoms with Crippen molar-refractivity contribution in [3.05, 3.63) is 28.8 Å². The van der Waals surface area contributed by atoms with Gasteiger partial charge in [0.2, 0.25) is 0 Å². The largest absolute Gasteiger partial charge is 0.496 e. The number of aryl methyl sites for hydroxylation is 1. The van der Waals surface area contributed by atoms with Crippen LogP contribution >= 0.6 is 0 Å². The highest BCUT2D eigenvalue weighted by molar-refractivity contribution is 6.02. The summed E-state index contributed by atoms with van der Waals surface area (Å²) >= 11 is 0. The van der Waals surface area contributed by atoms with E-state index in [1.54, 1.807) is 7.11 Å². The van der Waals surface area contributed by atoms with Crippen LogP contribution in [0, 0.1) is 19.3 Å². The number of methoxy groups -OCH3 is 1. The van der Waals surface area contributed by atoms with Crippen molar-refractivity contribution in [2.45, 2.75) is 47.6 Å². The second kappa shape index (κ2) is 6.40. The van der Waals surface area contributed by atoms with Crippen LogP contribution in [0.25, 0.3) is 0 Å². The van der Waals surface area contributed by atoms with E-state index in [-0.39, 0.29) is 11.2 Å². The number of ether oxygens (including phenoxy) is 2. The lowest BCUT2D eigenvalue weighted by molar-refractivity contribution is -0.000391. The Bertz CT molecular complexity index is 484. The lowest BCUT2D eigenvalue weighted by atomic mass is 9.83. The average Bonchev–Trinajstić information content (AvgIpc) is 2.36. The molecule has 0 aliphatic heterocycles. The van der Waals surface area contributed by atoms with Crippen LogP contribution in [-0.4, -0.2) is 25.6 Å². The monoisotopic (exact) mass is 278 g/mol. The van der Waals surface area contributed by atoms with Crippen LogP contribution < -0.4 is 4.74 Å². The van der Waals surface area contributed by atoms with Crippen molar-refractivity contribution in [1.29, 1.82) is 0 Å². The second-order valence-electron chi connectivity index (χ2n) is 6.15. The zero-order chi connectivity index (χ0) is 15.5. The predicted molar refractivity (Wildman–Crippen MR) is 81.7 cm³/mol. The highest BCUT2D eigenvalue weighted by atomic mass is 16.5. The van der Waals surface area contributed by atoms with Crippen LogP contribution in [0.1, 0.15) is 49.2 Å². The Morgan fingerprint density at radius 3 is 2.30 bits per heavy atom. The van der Waals surface area contributed by atoms with Crippen LogP contribution in [-0.2, 0) is 4.74 Å². The molecule has 20 heavy (non-hydrogen) atoms. The van der Waals surface area contributed by atoms with Gasteiger partial charge in [0.05, 0.1) is 12.7 Å². The molecule has 112 valence electrons. The topological polar surface area (TPSA) is 35.5 Å². The molecule has 0 fully saturated rings. The molecule has 3 nitrogen and oxygen atoms in total. The number of hydrogen-bond donors (Lipinski definition) is 0. The summed E-state index contributed by atoms with van der Waals surface area (Å²) in [6.07, 6.45) is -0.469. The summed E-state index contributed by atoms with van der Waals surface area (Å²) in [6, 6.07) is 3.79. The Hall–Kier alpha value is -1.35. The SMILES string of the molecule is CCOC(C(=O)c1ccc(C)c(C)c1OC)C(C)(C)C. The van der Waals surface area contributed by atoms with Gasteiger partial charge in [-0.3, -0.25) is 4.79 Å². The average molecular weight is 278 g/mol. The molecular weight excluding hydrogens is 252 g/mol. The van der Waals surface area contributed by atoms with Gasteiger partial charge in [0.15, 0.2) is 5.78 Å². The Labute approximate surface area is 122 Å². The molecule has 0 radical (unpaired) electrons. The van der Waals surface area contributed by atoms with Crippen molar-refractivity contribution in [2.75, 3.05) is 13.7 Å². The van der Waals surface area contributed by atoms with Gasteiger partial charge >= 0.3 is 0 Å². The van der Waals surface area contributed by atoms with E-state index in [1.807, 2.05) is 53.7 Å². The fourth-order valence-electron chi connectivity index (χ4n) is 2.27. The minimum atomic E-state index is -0.469. The lowest BCUT2D eigenvalue weighted by Gasteiger charge is -2.29. The quantitative estimate of drug-likeness (QED) is 0.765. The van der Waals surface area contributed by atoms with E-state index in [1.165, 1.54) is 0 Å². The molecular formula is C17H26O3. The predicted octanol–water partition coefficient (Wildman–Crippen LogP) is 3.95. The Kier molecular flexibility index (Phi) is 5.35. The molecule has 1 unspecified atom stereocenters. The molecule has 0 aliphatic carbocycles. The fourth-order valence-corrected chi connectivity index (χ4v) is 2.27. The lowest BCUT2D eigenvalue weighted by Crippen LogP contribution is -2.37. The van der Waals surface area contributed by atoms with Gasteiger partial charge in [0.1, 0.15) is 11.9 Å². The Morgan fingerprint density at radius 2 is 1.85 bits per heavy atom. The molecule has 1 atom stereocenters. The summed E-state index contributed by atoms with van der Waals surface area (Å²) < 4.78 is 11.1. The first-order valence-corrected chi connectivity index (χ1v) is 7.04. The van der Waals surface area contributed by atoms with Crippen molar-refractivity contribution >= 4 is 5.78 Å². The molecule has 0 saturated heterocycles. The third-order valence-electron chi connectivity index (χ3n) is 3.50. The van der Waals surface area contributed by atoms with E-state index in [4.69, 9.17) is 9.47 Å². The molecule has 1 aromatic carbocycles. The first kappa shape index (κ1) is 16.7. The smallest absolute Gasteiger partial charge is 0.195 e. The van der Waals surface area contributed by atoms with Crippen LogP contribution in [0.5, 0.6) is 5.75 Å². The second-order valence-corrected chi connectivity index (χ2v) is 6.15. The van der Waals surface area contributed by atoms with Gasteiger partial charge in [-0.25, -0.2) is 0 Å². The van der Waals surface area contributed by atoms with Gasteiger partial charge in [-0.1, -0.05) is 26.8 Å². The first-order chi connectivity index (χ1) is 9.23. The summed E-state index contributed by atoms with van der Waals surface area (Å²) in [5.74, 6) is 0.642. The highest BCUT2D eigenvalue weighted by Gasteiger charge is 2.34. The van der Waals surface area contributed by atoms with Crippen LogP contribution in [0.2, 0.25) is 0 Å². The molecule has 0 aliphatic rings. The first-order valence-electron chi connectivity index (χ1n) is 7.04. The number of rotatable bonds is 5. The zero-order valence-corrected chi connectivity index (χ0v) is 13.7. The molecule has 0 amide bonds. The van der Waals surface area contributed by atoms with Crippen molar-refractivity contribution in [2.24, 2.45) is 5.41 Å². The standard InChI is InChI=1S/C17H26O3/c1-8-20-16(17(4,5)6)14(18)13-10-9-11(2)12(3)15(13)19-7/h9-10,16H,8H2,1-7H3. The number of carbonyl (C=O) groups excluding carboxylic acids is 1. The molecule has 0 spiro atoms. The number of carbonyl (C=O) groups is 1. The van der Waals surface area contributed by atoms with E-state index in [9.17, 15) is 4.79 Å². The molecule has 3 heteroatoms. The van der Waals surface area contributed by atoms with Crippen molar-refractivity contribution in [3.8, 4) is 5.75 Å². The molecule has 0 saturated carbocycles. The maximum Gasteiger partial charge on any atom is 0.195 e. The van der Waals surface area contributed by atoms with Crippen LogP contribution in [0.3, 0.4) is 0 Å². The summed E-state index contributed by atoms with van der Waals surface area (Å²) in [7, 11) is 1.60.